The Hall–Kier alpha value is -1.30. The molecule has 1 aromatic carbocycles. The SMILES string of the molecule is COc1ccc(OC(C)C)cc1C(O)C(C)CN1CCNCC1. The quantitative estimate of drug-likeness (QED) is 0.805. The number of ether oxygens (including phenoxy) is 2. The van der Waals surface area contributed by atoms with Crippen molar-refractivity contribution in [2.24, 2.45) is 5.92 Å². The van der Waals surface area contributed by atoms with Crippen molar-refractivity contribution in [3.8, 4) is 11.5 Å². The van der Waals surface area contributed by atoms with Crippen molar-refractivity contribution >= 4 is 0 Å². The van der Waals surface area contributed by atoms with Crippen LogP contribution in [0.25, 0.3) is 0 Å². The Balaban J connectivity index is 2.10. The summed E-state index contributed by atoms with van der Waals surface area (Å²) < 4.78 is 11.2. The van der Waals surface area contributed by atoms with Crippen LogP contribution in [0.1, 0.15) is 32.4 Å². The molecule has 1 heterocycles. The van der Waals surface area contributed by atoms with Crippen LogP contribution in [0.4, 0.5) is 0 Å². The summed E-state index contributed by atoms with van der Waals surface area (Å²) in [5, 5.41) is 14.2. The van der Waals surface area contributed by atoms with Crippen LogP contribution in [-0.4, -0.2) is 55.9 Å². The Morgan fingerprint density at radius 1 is 1.22 bits per heavy atom. The first-order valence-electron chi connectivity index (χ1n) is 8.47. The average molecular weight is 322 g/mol. The highest BCUT2D eigenvalue weighted by molar-refractivity contribution is 5.42. The van der Waals surface area contributed by atoms with Crippen LogP contribution < -0.4 is 14.8 Å². The van der Waals surface area contributed by atoms with Gasteiger partial charge in [0.25, 0.3) is 0 Å². The van der Waals surface area contributed by atoms with Gasteiger partial charge in [-0.15, -0.1) is 0 Å². The fourth-order valence-electron chi connectivity index (χ4n) is 3.00. The van der Waals surface area contributed by atoms with Crippen molar-refractivity contribution in [3.05, 3.63) is 23.8 Å². The summed E-state index contributed by atoms with van der Waals surface area (Å²) in [7, 11) is 1.63. The molecular weight excluding hydrogens is 292 g/mol. The third-order valence-corrected chi connectivity index (χ3v) is 4.19. The van der Waals surface area contributed by atoms with Gasteiger partial charge >= 0.3 is 0 Å². The fraction of sp³-hybridized carbons (Fsp3) is 0.667. The molecule has 2 atom stereocenters. The zero-order chi connectivity index (χ0) is 16.8. The molecule has 0 aliphatic carbocycles. The predicted octanol–water partition coefficient (Wildman–Crippen LogP) is 2.06. The lowest BCUT2D eigenvalue weighted by molar-refractivity contribution is 0.0818. The molecule has 1 aliphatic heterocycles. The topological polar surface area (TPSA) is 54.0 Å². The van der Waals surface area contributed by atoms with Crippen LogP contribution in [0.15, 0.2) is 18.2 Å². The molecule has 0 aromatic heterocycles. The number of hydrogen-bond acceptors (Lipinski definition) is 5. The van der Waals surface area contributed by atoms with Gasteiger partial charge in [-0.1, -0.05) is 6.92 Å². The van der Waals surface area contributed by atoms with E-state index in [9.17, 15) is 5.11 Å². The zero-order valence-electron chi connectivity index (χ0n) is 14.7. The minimum absolute atomic E-state index is 0.103. The average Bonchev–Trinajstić information content (AvgIpc) is 2.54. The molecule has 2 N–H and O–H groups in total. The summed E-state index contributed by atoms with van der Waals surface area (Å²) >= 11 is 0. The Labute approximate surface area is 139 Å². The molecule has 5 nitrogen and oxygen atoms in total. The van der Waals surface area contributed by atoms with Gasteiger partial charge in [-0.3, -0.25) is 0 Å². The van der Waals surface area contributed by atoms with Crippen LogP contribution in [0, 0.1) is 5.92 Å². The minimum Gasteiger partial charge on any atom is -0.496 e. The van der Waals surface area contributed by atoms with E-state index in [4.69, 9.17) is 9.47 Å². The third kappa shape index (κ3) is 5.09. The molecule has 0 radical (unpaired) electrons. The molecule has 2 unspecified atom stereocenters. The molecule has 1 saturated heterocycles. The maximum Gasteiger partial charge on any atom is 0.124 e. The highest BCUT2D eigenvalue weighted by Gasteiger charge is 2.23. The molecule has 5 heteroatoms. The summed E-state index contributed by atoms with van der Waals surface area (Å²) in [6, 6.07) is 5.65. The van der Waals surface area contributed by atoms with Gasteiger partial charge in [-0.2, -0.15) is 0 Å². The number of piperazine rings is 1. The van der Waals surface area contributed by atoms with Crippen LogP contribution in [0.2, 0.25) is 0 Å². The van der Waals surface area contributed by atoms with E-state index in [0.29, 0.717) is 5.75 Å². The normalized spacial score (nSPS) is 18.7. The number of hydrogen-bond donors (Lipinski definition) is 2. The van der Waals surface area contributed by atoms with E-state index in [-0.39, 0.29) is 12.0 Å². The Morgan fingerprint density at radius 2 is 1.91 bits per heavy atom. The number of methoxy groups -OCH3 is 1. The summed E-state index contributed by atoms with van der Waals surface area (Å²) in [5.74, 6) is 1.60. The molecule has 130 valence electrons. The summed E-state index contributed by atoms with van der Waals surface area (Å²) in [4.78, 5) is 2.39. The molecule has 0 saturated carbocycles. The molecule has 2 rings (SSSR count). The first-order valence-corrected chi connectivity index (χ1v) is 8.47. The lowest BCUT2D eigenvalue weighted by Crippen LogP contribution is -2.45. The maximum absolute atomic E-state index is 10.8. The van der Waals surface area contributed by atoms with E-state index in [0.717, 1.165) is 44.0 Å². The van der Waals surface area contributed by atoms with Crippen LogP contribution in [-0.2, 0) is 0 Å². The lowest BCUT2D eigenvalue weighted by Gasteiger charge is -2.31. The second-order valence-corrected chi connectivity index (χ2v) is 6.54. The predicted molar refractivity (Wildman–Crippen MR) is 92.2 cm³/mol. The number of rotatable bonds is 7. The minimum atomic E-state index is -0.574. The van der Waals surface area contributed by atoms with E-state index in [1.165, 1.54) is 0 Å². The van der Waals surface area contributed by atoms with E-state index < -0.39 is 6.10 Å². The van der Waals surface area contributed by atoms with E-state index in [2.05, 4.69) is 17.1 Å². The van der Waals surface area contributed by atoms with Crippen molar-refractivity contribution in [2.75, 3.05) is 39.8 Å². The Morgan fingerprint density at radius 3 is 2.52 bits per heavy atom. The second-order valence-electron chi connectivity index (χ2n) is 6.54. The van der Waals surface area contributed by atoms with Gasteiger partial charge in [0.15, 0.2) is 0 Å². The van der Waals surface area contributed by atoms with Gasteiger partial charge in [0, 0.05) is 38.3 Å². The first kappa shape index (κ1) is 18.0. The maximum atomic E-state index is 10.8. The van der Waals surface area contributed by atoms with Crippen molar-refractivity contribution in [2.45, 2.75) is 33.0 Å². The van der Waals surface area contributed by atoms with Crippen molar-refractivity contribution < 1.29 is 14.6 Å². The van der Waals surface area contributed by atoms with E-state index in [1.807, 2.05) is 32.0 Å². The third-order valence-electron chi connectivity index (χ3n) is 4.19. The summed E-state index contributed by atoms with van der Waals surface area (Å²) in [6.45, 7) is 11.0. The van der Waals surface area contributed by atoms with Crippen LogP contribution in [0.5, 0.6) is 11.5 Å². The smallest absolute Gasteiger partial charge is 0.124 e. The van der Waals surface area contributed by atoms with Crippen molar-refractivity contribution in [3.63, 3.8) is 0 Å². The zero-order valence-corrected chi connectivity index (χ0v) is 14.7. The van der Waals surface area contributed by atoms with Gasteiger partial charge in [-0.25, -0.2) is 0 Å². The molecule has 0 spiro atoms. The number of benzene rings is 1. The largest absolute Gasteiger partial charge is 0.496 e. The molecular formula is C18H30N2O3. The Kier molecular flexibility index (Phi) is 6.69. The monoisotopic (exact) mass is 322 g/mol. The fourth-order valence-corrected chi connectivity index (χ4v) is 3.00. The van der Waals surface area contributed by atoms with Gasteiger partial charge < -0.3 is 24.8 Å². The summed E-state index contributed by atoms with van der Waals surface area (Å²) in [6.07, 6.45) is -0.470. The number of nitrogens with one attached hydrogen (secondary N) is 1. The highest BCUT2D eigenvalue weighted by atomic mass is 16.5. The number of aliphatic hydroxyl groups is 1. The van der Waals surface area contributed by atoms with Gasteiger partial charge in [0.2, 0.25) is 0 Å². The molecule has 0 bridgehead atoms. The molecule has 23 heavy (non-hydrogen) atoms. The van der Waals surface area contributed by atoms with E-state index in [1.54, 1.807) is 7.11 Å². The highest BCUT2D eigenvalue weighted by Crippen LogP contribution is 2.33. The number of aliphatic hydroxyl groups excluding tert-OH is 1. The van der Waals surface area contributed by atoms with Crippen LogP contribution in [0.3, 0.4) is 0 Å². The molecule has 0 amide bonds. The van der Waals surface area contributed by atoms with Gasteiger partial charge in [0.1, 0.15) is 11.5 Å². The molecule has 1 aliphatic rings. The van der Waals surface area contributed by atoms with Crippen molar-refractivity contribution in [1.82, 2.24) is 10.2 Å². The standard InChI is InChI=1S/C18H30N2O3/c1-13(2)23-15-5-6-17(22-4)16(11-15)18(21)14(3)12-20-9-7-19-8-10-20/h5-6,11,13-14,18-19,21H,7-10,12H2,1-4H3. The van der Waals surface area contributed by atoms with Crippen molar-refractivity contribution in [1.29, 1.82) is 0 Å². The van der Waals surface area contributed by atoms with Gasteiger partial charge in [0.05, 0.1) is 19.3 Å². The molecule has 1 aromatic rings. The van der Waals surface area contributed by atoms with Crippen LogP contribution >= 0.6 is 0 Å². The molecule has 1 fully saturated rings. The Bertz CT molecular complexity index is 487. The first-order chi connectivity index (χ1) is 11.0. The lowest BCUT2D eigenvalue weighted by atomic mass is 9.95. The second kappa shape index (κ2) is 8.52. The number of nitrogens with zero attached hydrogens (tertiary/aromatic N) is 1. The van der Waals surface area contributed by atoms with Gasteiger partial charge in [-0.05, 0) is 38.0 Å². The van der Waals surface area contributed by atoms with E-state index >= 15 is 0 Å². The summed E-state index contributed by atoms with van der Waals surface area (Å²) in [5.41, 5.74) is 0.799.